The Hall–Kier alpha value is -2.85. The minimum Gasteiger partial charge on any atom is -0.508 e. The fourth-order valence-electron chi connectivity index (χ4n) is 4.06. The summed E-state index contributed by atoms with van der Waals surface area (Å²) in [5.74, 6) is 1.39. The van der Waals surface area contributed by atoms with Gasteiger partial charge in [-0.15, -0.1) is 0 Å². The lowest BCUT2D eigenvalue weighted by Gasteiger charge is -2.31. The first kappa shape index (κ1) is 18.5. The summed E-state index contributed by atoms with van der Waals surface area (Å²) >= 11 is 0. The number of ether oxygens (including phenoxy) is 1. The number of hydrogen-bond donors (Lipinski definition) is 1. The van der Waals surface area contributed by atoms with E-state index in [0.717, 1.165) is 53.6 Å². The molecule has 3 aromatic rings. The molecular weight excluding hydrogens is 350 g/mol. The second-order valence-electron chi connectivity index (χ2n) is 7.43. The zero-order valence-electron chi connectivity index (χ0n) is 16.1. The van der Waals surface area contributed by atoms with E-state index >= 15 is 0 Å². The summed E-state index contributed by atoms with van der Waals surface area (Å²) in [7, 11) is 1.63. The number of methoxy groups -OCH3 is 1. The monoisotopic (exact) mass is 375 g/mol. The van der Waals surface area contributed by atoms with Gasteiger partial charge in [0, 0.05) is 23.6 Å². The van der Waals surface area contributed by atoms with Crippen LogP contribution in [0.4, 0.5) is 0 Å². The summed E-state index contributed by atoms with van der Waals surface area (Å²) in [4.78, 5) is 15.1. The van der Waals surface area contributed by atoms with Crippen molar-refractivity contribution in [3.8, 4) is 11.5 Å². The quantitative estimate of drug-likeness (QED) is 0.660. The van der Waals surface area contributed by atoms with Crippen LogP contribution in [-0.4, -0.2) is 36.0 Å². The van der Waals surface area contributed by atoms with Gasteiger partial charge in [0.15, 0.2) is 5.78 Å². The van der Waals surface area contributed by atoms with Crippen molar-refractivity contribution in [2.75, 3.05) is 20.2 Å². The van der Waals surface area contributed by atoms with Crippen molar-refractivity contribution in [1.82, 2.24) is 4.90 Å². The maximum absolute atomic E-state index is 12.8. The largest absolute Gasteiger partial charge is 0.508 e. The van der Waals surface area contributed by atoms with Crippen molar-refractivity contribution in [2.45, 2.75) is 19.4 Å². The maximum atomic E-state index is 12.8. The summed E-state index contributed by atoms with van der Waals surface area (Å²) in [6.45, 7) is 2.42. The third-order valence-electron chi connectivity index (χ3n) is 5.73. The predicted octanol–water partition coefficient (Wildman–Crippen LogP) is 4.65. The van der Waals surface area contributed by atoms with Gasteiger partial charge in [-0.3, -0.25) is 9.69 Å². The molecule has 0 aromatic heterocycles. The van der Waals surface area contributed by atoms with Gasteiger partial charge in [-0.1, -0.05) is 30.3 Å². The number of Topliss-reactive ketones (excluding diaryl/α,β-unsaturated/α-hetero) is 1. The molecule has 4 rings (SSSR count). The molecule has 4 heteroatoms. The lowest BCUT2D eigenvalue weighted by Crippen LogP contribution is -2.36. The van der Waals surface area contributed by atoms with Gasteiger partial charge in [0.2, 0.25) is 0 Å². The van der Waals surface area contributed by atoms with Crippen LogP contribution in [0.25, 0.3) is 10.8 Å². The van der Waals surface area contributed by atoms with Crippen LogP contribution in [0.2, 0.25) is 0 Å². The van der Waals surface area contributed by atoms with Gasteiger partial charge in [0.25, 0.3) is 0 Å². The summed E-state index contributed by atoms with van der Waals surface area (Å²) in [5, 5.41) is 12.6. The number of hydrogen-bond acceptors (Lipinski definition) is 4. The van der Waals surface area contributed by atoms with Crippen LogP contribution in [-0.2, 0) is 6.54 Å². The molecule has 1 fully saturated rings. The van der Waals surface area contributed by atoms with Gasteiger partial charge < -0.3 is 9.84 Å². The Morgan fingerprint density at radius 3 is 2.46 bits per heavy atom. The van der Waals surface area contributed by atoms with Crippen LogP contribution in [0.15, 0.2) is 60.7 Å². The molecule has 1 aliphatic rings. The van der Waals surface area contributed by atoms with E-state index < -0.39 is 0 Å². The number of benzene rings is 3. The molecule has 4 nitrogen and oxygen atoms in total. The van der Waals surface area contributed by atoms with E-state index in [0.29, 0.717) is 12.3 Å². The Labute approximate surface area is 165 Å². The molecule has 0 saturated carbocycles. The summed E-state index contributed by atoms with van der Waals surface area (Å²) < 4.78 is 5.17. The van der Waals surface area contributed by atoms with Crippen molar-refractivity contribution in [1.29, 1.82) is 0 Å². The number of carbonyl (C=O) groups excluding carboxylic acids is 1. The number of piperidine rings is 1. The normalized spacial score (nSPS) is 15.6. The molecule has 0 bridgehead atoms. The number of nitrogens with zero attached hydrogens (tertiary/aromatic N) is 1. The first-order chi connectivity index (χ1) is 13.7. The molecule has 0 aliphatic carbocycles. The number of likely N-dealkylation sites (tertiary alicyclic amines) is 1. The van der Waals surface area contributed by atoms with Gasteiger partial charge in [-0.05, 0) is 67.0 Å². The van der Waals surface area contributed by atoms with E-state index in [-0.39, 0.29) is 11.7 Å². The Morgan fingerprint density at radius 2 is 1.75 bits per heavy atom. The maximum Gasteiger partial charge on any atom is 0.166 e. The molecule has 1 aliphatic heterocycles. The zero-order valence-corrected chi connectivity index (χ0v) is 16.1. The lowest BCUT2D eigenvalue weighted by atomic mass is 9.88. The van der Waals surface area contributed by atoms with Crippen molar-refractivity contribution >= 4 is 16.6 Å². The predicted molar refractivity (Wildman–Crippen MR) is 111 cm³/mol. The Balaban J connectivity index is 1.42. The second-order valence-corrected chi connectivity index (χ2v) is 7.43. The highest BCUT2D eigenvalue weighted by Gasteiger charge is 2.26. The zero-order chi connectivity index (χ0) is 19.5. The van der Waals surface area contributed by atoms with Crippen LogP contribution in [0.1, 0.15) is 28.8 Å². The highest BCUT2D eigenvalue weighted by Crippen LogP contribution is 2.30. The Bertz CT molecular complexity index is 973. The van der Waals surface area contributed by atoms with E-state index in [1.807, 2.05) is 42.5 Å². The van der Waals surface area contributed by atoms with Gasteiger partial charge in [-0.25, -0.2) is 0 Å². The van der Waals surface area contributed by atoms with E-state index in [2.05, 4.69) is 17.0 Å². The van der Waals surface area contributed by atoms with Crippen LogP contribution in [0.3, 0.4) is 0 Å². The lowest BCUT2D eigenvalue weighted by molar-refractivity contribution is 0.0834. The number of carbonyl (C=O) groups is 1. The molecule has 0 amide bonds. The number of fused-ring (bicyclic) bond motifs is 1. The van der Waals surface area contributed by atoms with Crippen molar-refractivity contribution in [2.24, 2.45) is 5.92 Å². The average molecular weight is 375 g/mol. The van der Waals surface area contributed by atoms with E-state index in [1.54, 1.807) is 13.2 Å². The van der Waals surface area contributed by atoms with Crippen molar-refractivity contribution in [3.05, 3.63) is 71.8 Å². The molecule has 1 N–H and O–H groups in total. The fourth-order valence-corrected chi connectivity index (χ4v) is 4.06. The first-order valence-corrected chi connectivity index (χ1v) is 9.76. The van der Waals surface area contributed by atoms with E-state index in [4.69, 9.17) is 4.74 Å². The fraction of sp³-hybridized carbons (Fsp3) is 0.292. The molecule has 3 aromatic carbocycles. The smallest absolute Gasteiger partial charge is 0.166 e. The number of rotatable bonds is 5. The molecule has 0 unspecified atom stereocenters. The highest BCUT2D eigenvalue weighted by atomic mass is 16.5. The molecule has 0 radical (unpaired) electrons. The minimum atomic E-state index is 0.0609. The van der Waals surface area contributed by atoms with Gasteiger partial charge in [0.05, 0.1) is 7.11 Å². The number of phenols is 1. The van der Waals surface area contributed by atoms with Crippen molar-refractivity contribution < 1.29 is 14.6 Å². The molecule has 28 heavy (non-hydrogen) atoms. The summed E-state index contributed by atoms with van der Waals surface area (Å²) in [6.07, 6.45) is 1.69. The topological polar surface area (TPSA) is 49.8 Å². The van der Waals surface area contributed by atoms with Gasteiger partial charge >= 0.3 is 0 Å². The van der Waals surface area contributed by atoms with E-state index in [9.17, 15) is 9.90 Å². The average Bonchev–Trinajstić information content (AvgIpc) is 2.76. The number of aromatic hydroxyl groups is 1. The first-order valence-electron chi connectivity index (χ1n) is 9.76. The summed E-state index contributed by atoms with van der Waals surface area (Å²) in [6, 6.07) is 19.2. The minimum absolute atomic E-state index is 0.0609. The summed E-state index contributed by atoms with van der Waals surface area (Å²) in [5.41, 5.74) is 1.73. The third-order valence-corrected chi connectivity index (χ3v) is 5.73. The highest BCUT2D eigenvalue weighted by molar-refractivity contribution is 5.98. The Kier molecular flexibility index (Phi) is 5.31. The second kappa shape index (κ2) is 8.03. The van der Waals surface area contributed by atoms with Crippen LogP contribution in [0, 0.1) is 5.92 Å². The van der Waals surface area contributed by atoms with Gasteiger partial charge in [0.1, 0.15) is 11.5 Å². The molecular formula is C24H25NO3. The third kappa shape index (κ3) is 3.73. The molecule has 144 valence electrons. The van der Waals surface area contributed by atoms with Crippen LogP contribution >= 0.6 is 0 Å². The molecule has 0 spiro atoms. The van der Waals surface area contributed by atoms with E-state index in [1.165, 1.54) is 0 Å². The Morgan fingerprint density at radius 1 is 1.04 bits per heavy atom. The molecule has 0 atom stereocenters. The van der Waals surface area contributed by atoms with Gasteiger partial charge in [-0.2, -0.15) is 0 Å². The number of ketones is 1. The number of phenolic OH excluding ortho intramolecular Hbond substituents is 1. The standard InChI is InChI=1S/C24H25NO3/c1-28-20-9-6-18(7-10-20)24(27)19-12-14-25(15-13-19)16-22-21-5-3-2-4-17(21)8-11-23(22)26/h2-11,19,26H,12-16H2,1H3. The molecule has 1 saturated heterocycles. The van der Waals surface area contributed by atoms with Crippen molar-refractivity contribution in [3.63, 3.8) is 0 Å². The van der Waals surface area contributed by atoms with Crippen LogP contribution < -0.4 is 4.74 Å². The molecule has 1 heterocycles. The van der Waals surface area contributed by atoms with Crippen LogP contribution in [0.5, 0.6) is 11.5 Å². The SMILES string of the molecule is COc1ccc(C(=O)C2CCN(Cc3c(O)ccc4ccccc34)CC2)cc1.